The van der Waals surface area contributed by atoms with Crippen LogP contribution in [0.3, 0.4) is 0 Å². The lowest BCUT2D eigenvalue weighted by Crippen LogP contribution is -2.08. The highest BCUT2D eigenvalue weighted by molar-refractivity contribution is 6.30. The summed E-state index contributed by atoms with van der Waals surface area (Å²) in [6.45, 7) is -0.222. The molecular weight excluding hydrogens is 195 g/mol. The van der Waals surface area contributed by atoms with E-state index >= 15 is 0 Å². The average molecular weight is 201 g/mol. The second-order valence-electron chi connectivity index (χ2n) is 2.68. The summed E-state index contributed by atoms with van der Waals surface area (Å²) in [7, 11) is 0. The number of hydrogen-bond donors (Lipinski definition) is 1. The second kappa shape index (κ2) is 2.92. The fraction of sp³-hybridized carbons (Fsp3) is 0.111. The van der Waals surface area contributed by atoms with Crippen LogP contribution in [0.2, 0.25) is 5.02 Å². The van der Waals surface area contributed by atoms with E-state index in [1.54, 1.807) is 12.1 Å². The van der Waals surface area contributed by atoms with Gasteiger partial charge in [-0.3, -0.25) is 0 Å². The minimum Gasteiger partial charge on any atom is -0.504 e. The molecule has 0 fully saturated rings. The molecule has 4 heteroatoms. The Morgan fingerprint density at radius 2 is 2.23 bits per heavy atom. The van der Waals surface area contributed by atoms with Crippen LogP contribution in [0.25, 0.3) is 5.76 Å². The number of halogens is 2. The lowest BCUT2D eigenvalue weighted by atomic mass is 10.1. The number of benzene rings is 1. The van der Waals surface area contributed by atoms with Crippen molar-refractivity contribution in [1.29, 1.82) is 0 Å². The predicted molar refractivity (Wildman–Crippen MR) is 47.6 cm³/mol. The van der Waals surface area contributed by atoms with Crippen molar-refractivity contribution in [3.8, 4) is 5.75 Å². The number of hydrogen-bond acceptors (Lipinski definition) is 2. The van der Waals surface area contributed by atoms with Gasteiger partial charge in [-0.15, -0.1) is 0 Å². The quantitative estimate of drug-likeness (QED) is 0.698. The standard InChI is InChI=1S/C9H6ClFO2/c10-5-1-2-8-6(3-5)9(12)7(11)4-13-8/h1-3,12H,4H2. The van der Waals surface area contributed by atoms with E-state index in [4.69, 9.17) is 16.3 Å². The number of rotatable bonds is 0. The number of ether oxygens (including phenoxy) is 1. The molecule has 1 N–H and O–H groups in total. The lowest BCUT2D eigenvalue weighted by Gasteiger charge is -2.16. The maximum Gasteiger partial charge on any atom is 0.180 e. The SMILES string of the molecule is OC1=C(F)COc2ccc(Cl)cc21. The Bertz CT molecular complexity index is 387. The maximum absolute atomic E-state index is 12.8. The Morgan fingerprint density at radius 1 is 1.46 bits per heavy atom. The third-order valence-corrected chi connectivity index (χ3v) is 2.04. The predicted octanol–water partition coefficient (Wildman–Crippen LogP) is 2.93. The van der Waals surface area contributed by atoms with E-state index in [0.717, 1.165) is 0 Å². The molecule has 1 aliphatic rings. The van der Waals surface area contributed by atoms with Crippen molar-refractivity contribution in [2.24, 2.45) is 0 Å². The van der Waals surface area contributed by atoms with Crippen LogP contribution in [0.5, 0.6) is 5.75 Å². The molecule has 0 bridgehead atoms. The van der Waals surface area contributed by atoms with E-state index in [9.17, 15) is 9.50 Å². The van der Waals surface area contributed by atoms with Gasteiger partial charge in [0.05, 0.1) is 5.56 Å². The molecule has 0 saturated heterocycles. The molecule has 1 aromatic rings. The minimum atomic E-state index is -0.672. The molecule has 0 atom stereocenters. The van der Waals surface area contributed by atoms with Crippen LogP contribution in [0, 0.1) is 0 Å². The van der Waals surface area contributed by atoms with Crippen LogP contribution in [-0.2, 0) is 0 Å². The fourth-order valence-electron chi connectivity index (χ4n) is 1.17. The van der Waals surface area contributed by atoms with Crippen molar-refractivity contribution in [2.45, 2.75) is 0 Å². The zero-order chi connectivity index (χ0) is 9.42. The third kappa shape index (κ3) is 1.35. The van der Waals surface area contributed by atoms with E-state index in [0.29, 0.717) is 16.3 Å². The molecule has 0 radical (unpaired) electrons. The molecule has 2 nitrogen and oxygen atoms in total. The van der Waals surface area contributed by atoms with Crippen LogP contribution in [0.15, 0.2) is 24.0 Å². The van der Waals surface area contributed by atoms with Gasteiger partial charge in [-0.2, -0.15) is 0 Å². The Morgan fingerprint density at radius 3 is 3.00 bits per heavy atom. The van der Waals surface area contributed by atoms with E-state index in [2.05, 4.69) is 0 Å². The Labute approximate surface area is 79.2 Å². The molecule has 0 aromatic heterocycles. The molecule has 1 aromatic carbocycles. The molecule has 68 valence electrons. The van der Waals surface area contributed by atoms with E-state index < -0.39 is 5.83 Å². The van der Waals surface area contributed by atoms with Crippen LogP contribution < -0.4 is 4.74 Å². The number of fused-ring (bicyclic) bond motifs is 1. The van der Waals surface area contributed by atoms with Crippen molar-refractivity contribution in [1.82, 2.24) is 0 Å². The van der Waals surface area contributed by atoms with Gasteiger partial charge in [-0.1, -0.05) is 11.6 Å². The summed E-state index contributed by atoms with van der Waals surface area (Å²) in [5.74, 6) is -0.609. The topological polar surface area (TPSA) is 29.5 Å². The van der Waals surface area contributed by atoms with Gasteiger partial charge in [0.2, 0.25) is 0 Å². The molecule has 0 spiro atoms. The molecule has 0 unspecified atom stereocenters. The Kier molecular flexibility index (Phi) is 1.88. The van der Waals surface area contributed by atoms with Crippen LogP contribution in [0.1, 0.15) is 5.56 Å². The number of aliphatic hydroxyl groups excluding tert-OH is 1. The van der Waals surface area contributed by atoms with Gasteiger partial charge in [0, 0.05) is 5.02 Å². The van der Waals surface area contributed by atoms with Gasteiger partial charge in [0.25, 0.3) is 0 Å². The summed E-state index contributed by atoms with van der Waals surface area (Å²) >= 11 is 5.68. The molecular formula is C9H6ClFO2. The second-order valence-corrected chi connectivity index (χ2v) is 3.12. The zero-order valence-electron chi connectivity index (χ0n) is 6.55. The molecule has 0 aliphatic carbocycles. The van der Waals surface area contributed by atoms with E-state index in [1.807, 2.05) is 0 Å². The summed E-state index contributed by atoms with van der Waals surface area (Å²) < 4.78 is 17.9. The van der Waals surface area contributed by atoms with Crippen molar-refractivity contribution < 1.29 is 14.2 Å². The first-order valence-corrected chi connectivity index (χ1v) is 4.06. The molecule has 1 heterocycles. The van der Waals surface area contributed by atoms with E-state index in [1.165, 1.54) is 6.07 Å². The summed E-state index contributed by atoms with van der Waals surface area (Å²) in [6.07, 6.45) is 0. The first kappa shape index (κ1) is 8.38. The van der Waals surface area contributed by atoms with Crippen molar-refractivity contribution in [3.05, 3.63) is 34.6 Å². The summed E-state index contributed by atoms with van der Waals surface area (Å²) in [4.78, 5) is 0. The highest BCUT2D eigenvalue weighted by Gasteiger charge is 2.19. The first-order chi connectivity index (χ1) is 6.18. The first-order valence-electron chi connectivity index (χ1n) is 3.69. The molecule has 2 rings (SSSR count). The van der Waals surface area contributed by atoms with Gasteiger partial charge >= 0.3 is 0 Å². The minimum absolute atomic E-state index is 0.222. The summed E-state index contributed by atoms with van der Waals surface area (Å²) in [5, 5.41) is 9.75. The van der Waals surface area contributed by atoms with Gasteiger partial charge in [-0.25, -0.2) is 4.39 Å². The largest absolute Gasteiger partial charge is 0.504 e. The summed E-state index contributed by atoms with van der Waals surface area (Å²) in [5.41, 5.74) is 0.302. The van der Waals surface area contributed by atoms with Crippen LogP contribution in [0.4, 0.5) is 4.39 Å². The van der Waals surface area contributed by atoms with Gasteiger partial charge in [0.15, 0.2) is 11.6 Å². The van der Waals surface area contributed by atoms with Crippen LogP contribution in [-0.4, -0.2) is 11.7 Å². The number of aliphatic hydroxyl groups is 1. The molecule has 13 heavy (non-hydrogen) atoms. The fourth-order valence-corrected chi connectivity index (χ4v) is 1.34. The van der Waals surface area contributed by atoms with Gasteiger partial charge in [-0.05, 0) is 18.2 Å². The molecule has 0 amide bonds. The van der Waals surface area contributed by atoms with Gasteiger partial charge < -0.3 is 9.84 Å². The smallest absolute Gasteiger partial charge is 0.180 e. The zero-order valence-corrected chi connectivity index (χ0v) is 7.31. The third-order valence-electron chi connectivity index (χ3n) is 1.81. The summed E-state index contributed by atoms with van der Waals surface area (Å²) in [6, 6.07) is 4.68. The van der Waals surface area contributed by atoms with Crippen LogP contribution >= 0.6 is 11.6 Å². The molecule has 0 saturated carbocycles. The Hall–Kier alpha value is -1.22. The lowest BCUT2D eigenvalue weighted by molar-refractivity contribution is 0.296. The van der Waals surface area contributed by atoms with Crippen molar-refractivity contribution >= 4 is 17.4 Å². The van der Waals surface area contributed by atoms with E-state index in [-0.39, 0.29) is 12.4 Å². The van der Waals surface area contributed by atoms with Gasteiger partial charge in [0.1, 0.15) is 12.4 Å². The highest BCUT2D eigenvalue weighted by Crippen LogP contribution is 2.33. The van der Waals surface area contributed by atoms with Crippen molar-refractivity contribution in [2.75, 3.05) is 6.61 Å². The maximum atomic E-state index is 12.8. The Balaban J connectivity index is 2.60. The monoisotopic (exact) mass is 200 g/mol. The normalized spacial score (nSPS) is 15.2. The highest BCUT2D eigenvalue weighted by atomic mass is 35.5. The average Bonchev–Trinajstić information content (AvgIpc) is 2.12. The molecule has 1 aliphatic heterocycles. The van der Waals surface area contributed by atoms with Crippen molar-refractivity contribution in [3.63, 3.8) is 0 Å².